The summed E-state index contributed by atoms with van der Waals surface area (Å²) in [6, 6.07) is 10.1. The van der Waals surface area contributed by atoms with Crippen LogP contribution in [0, 0.1) is 0 Å². The molecule has 1 aromatic carbocycles. The van der Waals surface area contributed by atoms with E-state index in [1.54, 1.807) is 7.11 Å². The van der Waals surface area contributed by atoms with Crippen molar-refractivity contribution in [2.75, 3.05) is 20.3 Å². The van der Waals surface area contributed by atoms with Gasteiger partial charge < -0.3 is 28.4 Å². The molecule has 2 saturated heterocycles. The SMILES string of the molecule is CO[C@@H](COCc1ccccc1)[C@H]1OC(C)(C)O[C@@H]1[C@H]1COC(C)(C)O1. The Kier molecular flexibility index (Phi) is 6.01. The number of methoxy groups -OCH3 is 1. The molecule has 0 radical (unpaired) electrons. The van der Waals surface area contributed by atoms with Crippen LogP contribution in [0.3, 0.4) is 0 Å². The lowest BCUT2D eigenvalue weighted by atomic mass is 10.0. The molecule has 6 nitrogen and oxygen atoms in total. The predicted octanol–water partition coefficient (Wildman–Crippen LogP) is 2.89. The van der Waals surface area contributed by atoms with Crippen LogP contribution in [0.25, 0.3) is 0 Å². The molecule has 0 N–H and O–H groups in total. The Labute approximate surface area is 155 Å². The van der Waals surface area contributed by atoms with Gasteiger partial charge in [-0.1, -0.05) is 30.3 Å². The van der Waals surface area contributed by atoms with Crippen LogP contribution in [-0.2, 0) is 35.0 Å². The monoisotopic (exact) mass is 366 g/mol. The van der Waals surface area contributed by atoms with Crippen molar-refractivity contribution in [3.63, 3.8) is 0 Å². The van der Waals surface area contributed by atoms with Crippen molar-refractivity contribution in [3.05, 3.63) is 35.9 Å². The Hall–Kier alpha value is -1.02. The second-order valence-electron chi connectivity index (χ2n) is 7.71. The summed E-state index contributed by atoms with van der Waals surface area (Å²) in [6.07, 6.45) is -1.05. The quantitative estimate of drug-likeness (QED) is 0.740. The fraction of sp³-hybridized carbons (Fsp3) is 0.700. The molecule has 6 heteroatoms. The van der Waals surface area contributed by atoms with Crippen LogP contribution in [0.4, 0.5) is 0 Å². The fourth-order valence-electron chi connectivity index (χ4n) is 3.43. The van der Waals surface area contributed by atoms with Gasteiger partial charge in [-0.2, -0.15) is 0 Å². The summed E-state index contributed by atoms with van der Waals surface area (Å²) >= 11 is 0. The maximum absolute atomic E-state index is 6.14. The van der Waals surface area contributed by atoms with Crippen LogP contribution < -0.4 is 0 Å². The van der Waals surface area contributed by atoms with Gasteiger partial charge >= 0.3 is 0 Å². The second-order valence-corrected chi connectivity index (χ2v) is 7.71. The highest BCUT2D eigenvalue weighted by Gasteiger charge is 2.52. The lowest BCUT2D eigenvalue weighted by molar-refractivity contribution is -0.176. The first-order valence-electron chi connectivity index (χ1n) is 9.11. The topological polar surface area (TPSA) is 55.4 Å². The molecule has 26 heavy (non-hydrogen) atoms. The first-order valence-corrected chi connectivity index (χ1v) is 9.11. The molecule has 0 aliphatic carbocycles. The van der Waals surface area contributed by atoms with E-state index in [9.17, 15) is 0 Å². The number of rotatable bonds is 7. The molecule has 0 aromatic heterocycles. The van der Waals surface area contributed by atoms with Crippen LogP contribution in [0.5, 0.6) is 0 Å². The zero-order valence-electron chi connectivity index (χ0n) is 16.3. The minimum atomic E-state index is -0.707. The van der Waals surface area contributed by atoms with E-state index in [0.717, 1.165) is 5.56 Å². The standard InChI is InChI=1S/C20H30O6/c1-19(2)23-13-16(24-19)18-17(25-20(3,4)26-18)15(21-5)12-22-11-14-9-7-6-8-10-14/h6-10,15-18H,11-13H2,1-5H3/t15-,16+,17+,18+/m0/s1. The molecule has 0 spiro atoms. The fourth-order valence-corrected chi connectivity index (χ4v) is 3.43. The maximum Gasteiger partial charge on any atom is 0.164 e. The van der Waals surface area contributed by atoms with Gasteiger partial charge in [0.2, 0.25) is 0 Å². The average Bonchev–Trinajstić information content (AvgIpc) is 3.11. The summed E-state index contributed by atoms with van der Waals surface area (Å²) < 4.78 is 35.5. The van der Waals surface area contributed by atoms with Crippen molar-refractivity contribution < 1.29 is 28.4 Å². The second kappa shape index (κ2) is 7.92. The first-order chi connectivity index (χ1) is 12.3. The van der Waals surface area contributed by atoms with E-state index in [-0.39, 0.29) is 24.4 Å². The Morgan fingerprint density at radius 2 is 1.77 bits per heavy atom. The Morgan fingerprint density at radius 3 is 2.38 bits per heavy atom. The lowest BCUT2D eigenvalue weighted by Gasteiger charge is -2.28. The normalized spacial score (nSPS) is 31.2. The highest BCUT2D eigenvalue weighted by molar-refractivity contribution is 5.13. The smallest absolute Gasteiger partial charge is 0.164 e. The zero-order chi connectivity index (χ0) is 18.8. The molecule has 146 valence electrons. The van der Waals surface area contributed by atoms with E-state index < -0.39 is 11.6 Å². The Balaban J connectivity index is 1.62. The minimum absolute atomic E-state index is 0.205. The van der Waals surface area contributed by atoms with Crippen LogP contribution in [0.15, 0.2) is 30.3 Å². The molecule has 3 rings (SSSR count). The number of hydrogen-bond donors (Lipinski definition) is 0. The molecule has 4 atom stereocenters. The maximum atomic E-state index is 6.14. The van der Waals surface area contributed by atoms with Gasteiger partial charge in [0, 0.05) is 7.11 Å². The number of hydrogen-bond acceptors (Lipinski definition) is 6. The van der Waals surface area contributed by atoms with Crippen molar-refractivity contribution in [1.29, 1.82) is 0 Å². The van der Waals surface area contributed by atoms with Crippen molar-refractivity contribution in [1.82, 2.24) is 0 Å². The molecular weight excluding hydrogens is 336 g/mol. The zero-order valence-corrected chi connectivity index (χ0v) is 16.3. The minimum Gasteiger partial charge on any atom is -0.376 e. The van der Waals surface area contributed by atoms with Gasteiger partial charge in [-0.15, -0.1) is 0 Å². The van der Waals surface area contributed by atoms with E-state index in [2.05, 4.69) is 0 Å². The molecule has 0 unspecified atom stereocenters. The summed E-state index contributed by atoms with van der Waals surface area (Å²) in [5.41, 5.74) is 1.12. The summed E-state index contributed by atoms with van der Waals surface area (Å²) in [6.45, 7) is 9.01. The van der Waals surface area contributed by atoms with E-state index in [0.29, 0.717) is 19.8 Å². The molecule has 2 fully saturated rings. The molecule has 2 aliphatic rings. The van der Waals surface area contributed by atoms with Crippen LogP contribution in [0.2, 0.25) is 0 Å². The van der Waals surface area contributed by atoms with E-state index in [1.807, 2.05) is 58.0 Å². The largest absolute Gasteiger partial charge is 0.376 e. The van der Waals surface area contributed by atoms with Crippen molar-refractivity contribution in [2.24, 2.45) is 0 Å². The third-order valence-corrected chi connectivity index (χ3v) is 4.62. The molecular formula is C20H30O6. The molecule has 0 amide bonds. The van der Waals surface area contributed by atoms with E-state index in [4.69, 9.17) is 28.4 Å². The van der Waals surface area contributed by atoms with Gasteiger partial charge in [0.25, 0.3) is 0 Å². The van der Waals surface area contributed by atoms with Crippen molar-refractivity contribution >= 4 is 0 Å². The van der Waals surface area contributed by atoms with Crippen molar-refractivity contribution in [2.45, 2.75) is 70.3 Å². The average molecular weight is 366 g/mol. The summed E-state index contributed by atoms with van der Waals surface area (Å²) in [5, 5.41) is 0. The highest BCUT2D eigenvalue weighted by atomic mass is 16.8. The van der Waals surface area contributed by atoms with Gasteiger partial charge in [-0.05, 0) is 33.3 Å². The number of ether oxygens (including phenoxy) is 6. The van der Waals surface area contributed by atoms with Gasteiger partial charge in [-0.25, -0.2) is 0 Å². The molecule has 0 saturated carbocycles. The van der Waals surface area contributed by atoms with E-state index >= 15 is 0 Å². The van der Waals surface area contributed by atoms with Gasteiger partial charge in [0.1, 0.15) is 24.4 Å². The van der Waals surface area contributed by atoms with Crippen LogP contribution in [0.1, 0.15) is 33.3 Å². The summed E-state index contributed by atoms with van der Waals surface area (Å²) in [5.74, 6) is -1.32. The molecule has 0 bridgehead atoms. The Bertz CT molecular complexity index is 573. The van der Waals surface area contributed by atoms with Crippen LogP contribution >= 0.6 is 0 Å². The third kappa shape index (κ3) is 4.82. The first kappa shape index (κ1) is 19.7. The molecule has 1 aromatic rings. The van der Waals surface area contributed by atoms with E-state index in [1.165, 1.54) is 0 Å². The molecule has 2 heterocycles. The predicted molar refractivity (Wildman–Crippen MR) is 95.6 cm³/mol. The van der Waals surface area contributed by atoms with Gasteiger partial charge in [0.05, 0.1) is 19.8 Å². The number of benzene rings is 1. The van der Waals surface area contributed by atoms with Gasteiger partial charge in [0.15, 0.2) is 11.6 Å². The van der Waals surface area contributed by atoms with Crippen LogP contribution in [-0.4, -0.2) is 56.3 Å². The summed E-state index contributed by atoms with van der Waals surface area (Å²) in [7, 11) is 1.66. The van der Waals surface area contributed by atoms with Gasteiger partial charge in [-0.3, -0.25) is 0 Å². The summed E-state index contributed by atoms with van der Waals surface area (Å²) in [4.78, 5) is 0. The lowest BCUT2D eigenvalue weighted by Crippen LogP contribution is -2.46. The molecule has 2 aliphatic heterocycles. The third-order valence-electron chi connectivity index (χ3n) is 4.62. The Morgan fingerprint density at radius 1 is 1.04 bits per heavy atom. The van der Waals surface area contributed by atoms with Crippen molar-refractivity contribution in [3.8, 4) is 0 Å². The highest BCUT2D eigenvalue weighted by Crippen LogP contribution is 2.37.